The number of rotatable bonds is 6. The minimum atomic E-state index is 0.323. The molecule has 1 aliphatic rings. The molecule has 0 amide bonds. The minimum Gasteiger partial charge on any atom is -0.396 e. The Bertz CT molecular complexity index is 103. The Morgan fingerprint density at radius 2 is 2.33 bits per heavy atom. The summed E-state index contributed by atoms with van der Waals surface area (Å²) in [5, 5.41) is 15.4. The van der Waals surface area contributed by atoms with E-state index in [0.717, 1.165) is 25.9 Å². The first-order valence-corrected chi connectivity index (χ1v) is 4.98. The van der Waals surface area contributed by atoms with Crippen molar-refractivity contribution >= 4 is 0 Å². The van der Waals surface area contributed by atoms with Crippen LogP contribution in [-0.2, 0) is 0 Å². The number of unbranched alkanes of at least 4 members (excludes halogenated alkanes) is 1. The topological polar surface area (TPSA) is 44.3 Å². The van der Waals surface area contributed by atoms with Gasteiger partial charge in [0.1, 0.15) is 0 Å². The third-order valence-corrected chi connectivity index (χ3v) is 2.31. The summed E-state index contributed by atoms with van der Waals surface area (Å²) in [6, 6.07) is 0.694. The number of aliphatic hydroxyl groups is 1. The molecule has 0 aromatic rings. The zero-order valence-corrected chi connectivity index (χ0v) is 7.68. The highest BCUT2D eigenvalue weighted by atomic mass is 16.2. The molecule has 3 N–H and O–H groups in total. The average molecular weight is 172 g/mol. The molecule has 1 aliphatic heterocycles. The van der Waals surface area contributed by atoms with E-state index in [1.54, 1.807) is 0 Å². The summed E-state index contributed by atoms with van der Waals surface area (Å²) in [6.45, 7) is 3.64. The first-order chi connectivity index (χ1) is 5.93. The molecular weight excluding hydrogens is 152 g/mol. The second kappa shape index (κ2) is 6.40. The van der Waals surface area contributed by atoms with Gasteiger partial charge in [0.25, 0.3) is 0 Å². The molecule has 0 radical (unpaired) electrons. The molecule has 1 saturated heterocycles. The molecule has 0 aromatic heterocycles. The van der Waals surface area contributed by atoms with E-state index in [2.05, 4.69) is 10.6 Å². The highest BCUT2D eigenvalue weighted by Gasteiger charge is 2.12. The first kappa shape index (κ1) is 9.96. The van der Waals surface area contributed by atoms with Crippen molar-refractivity contribution in [1.82, 2.24) is 10.6 Å². The van der Waals surface area contributed by atoms with Gasteiger partial charge in [-0.05, 0) is 38.8 Å². The van der Waals surface area contributed by atoms with Crippen molar-refractivity contribution in [3.8, 4) is 0 Å². The predicted octanol–water partition coefficient (Wildman–Crippen LogP) is 0.100. The third-order valence-electron chi connectivity index (χ3n) is 2.31. The van der Waals surface area contributed by atoms with Crippen molar-refractivity contribution < 1.29 is 5.11 Å². The fourth-order valence-electron chi connectivity index (χ4n) is 1.57. The fraction of sp³-hybridized carbons (Fsp3) is 1.00. The molecule has 1 heterocycles. The summed E-state index contributed by atoms with van der Waals surface area (Å²) in [5.74, 6) is 0. The normalized spacial score (nSPS) is 23.2. The third kappa shape index (κ3) is 4.04. The van der Waals surface area contributed by atoms with Gasteiger partial charge < -0.3 is 15.7 Å². The smallest absolute Gasteiger partial charge is 0.0431 e. The molecule has 0 saturated carbocycles. The molecule has 12 heavy (non-hydrogen) atoms. The molecule has 0 aliphatic carbocycles. The van der Waals surface area contributed by atoms with Crippen LogP contribution in [0.4, 0.5) is 0 Å². The maximum absolute atomic E-state index is 8.54. The van der Waals surface area contributed by atoms with Crippen LogP contribution in [-0.4, -0.2) is 37.4 Å². The molecular formula is C9H20N2O. The van der Waals surface area contributed by atoms with E-state index < -0.39 is 0 Å². The molecule has 0 aromatic carbocycles. The van der Waals surface area contributed by atoms with E-state index >= 15 is 0 Å². The molecule has 1 atom stereocenters. The van der Waals surface area contributed by atoms with Crippen LogP contribution in [0, 0.1) is 0 Å². The lowest BCUT2D eigenvalue weighted by Gasteiger charge is -2.10. The Morgan fingerprint density at radius 1 is 1.42 bits per heavy atom. The van der Waals surface area contributed by atoms with E-state index in [0.29, 0.717) is 12.6 Å². The summed E-state index contributed by atoms with van der Waals surface area (Å²) >= 11 is 0. The second-order valence-electron chi connectivity index (χ2n) is 3.43. The first-order valence-electron chi connectivity index (χ1n) is 4.98. The lowest BCUT2D eigenvalue weighted by atomic mass is 10.2. The zero-order chi connectivity index (χ0) is 8.65. The molecule has 1 fully saturated rings. The van der Waals surface area contributed by atoms with Crippen molar-refractivity contribution in [3.63, 3.8) is 0 Å². The molecule has 3 heteroatoms. The summed E-state index contributed by atoms with van der Waals surface area (Å²) in [5.41, 5.74) is 0. The monoisotopic (exact) mass is 172 g/mol. The van der Waals surface area contributed by atoms with Gasteiger partial charge in [0.2, 0.25) is 0 Å². The predicted molar refractivity (Wildman–Crippen MR) is 50.2 cm³/mol. The van der Waals surface area contributed by atoms with Gasteiger partial charge in [-0.2, -0.15) is 0 Å². The number of hydrogen-bond acceptors (Lipinski definition) is 3. The molecule has 0 bridgehead atoms. The van der Waals surface area contributed by atoms with Crippen molar-refractivity contribution in [3.05, 3.63) is 0 Å². The maximum Gasteiger partial charge on any atom is 0.0431 e. The highest BCUT2D eigenvalue weighted by molar-refractivity contribution is 4.75. The van der Waals surface area contributed by atoms with E-state index in [1.807, 2.05) is 0 Å². The van der Waals surface area contributed by atoms with E-state index in [4.69, 9.17) is 5.11 Å². The van der Waals surface area contributed by atoms with Crippen molar-refractivity contribution in [1.29, 1.82) is 0 Å². The lowest BCUT2D eigenvalue weighted by Crippen LogP contribution is -2.34. The van der Waals surface area contributed by atoms with E-state index in [-0.39, 0.29) is 0 Å². The van der Waals surface area contributed by atoms with Crippen molar-refractivity contribution in [2.24, 2.45) is 0 Å². The quantitative estimate of drug-likeness (QED) is 0.498. The van der Waals surface area contributed by atoms with Crippen LogP contribution in [0.25, 0.3) is 0 Å². The van der Waals surface area contributed by atoms with Gasteiger partial charge in [0, 0.05) is 19.2 Å². The molecule has 1 rings (SSSR count). The summed E-state index contributed by atoms with van der Waals surface area (Å²) in [6.07, 6.45) is 4.64. The Hall–Kier alpha value is -0.120. The van der Waals surface area contributed by atoms with Gasteiger partial charge in [0.15, 0.2) is 0 Å². The standard InChI is InChI=1S/C9H20N2O/c12-7-2-1-5-10-8-9-4-3-6-11-9/h9-12H,1-8H2. The van der Waals surface area contributed by atoms with E-state index in [1.165, 1.54) is 19.4 Å². The van der Waals surface area contributed by atoms with Crippen LogP contribution in [0.1, 0.15) is 25.7 Å². The minimum absolute atomic E-state index is 0.323. The van der Waals surface area contributed by atoms with E-state index in [9.17, 15) is 0 Å². The van der Waals surface area contributed by atoms with Gasteiger partial charge >= 0.3 is 0 Å². The lowest BCUT2D eigenvalue weighted by molar-refractivity contribution is 0.283. The zero-order valence-electron chi connectivity index (χ0n) is 7.68. The largest absolute Gasteiger partial charge is 0.396 e. The van der Waals surface area contributed by atoms with Gasteiger partial charge in [-0.25, -0.2) is 0 Å². The average Bonchev–Trinajstić information content (AvgIpc) is 2.57. The van der Waals surface area contributed by atoms with Gasteiger partial charge in [-0.1, -0.05) is 0 Å². The van der Waals surface area contributed by atoms with Crippen LogP contribution in [0.5, 0.6) is 0 Å². The fourth-order valence-corrected chi connectivity index (χ4v) is 1.57. The molecule has 1 unspecified atom stereocenters. The van der Waals surface area contributed by atoms with Crippen molar-refractivity contribution in [2.45, 2.75) is 31.7 Å². The molecule has 72 valence electrons. The Labute approximate surface area is 74.5 Å². The van der Waals surface area contributed by atoms with Gasteiger partial charge in [0.05, 0.1) is 0 Å². The van der Waals surface area contributed by atoms with Crippen LogP contribution in [0.3, 0.4) is 0 Å². The van der Waals surface area contributed by atoms with Crippen LogP contribution in [0.2, 0.25) is 0 Å². The van der Waals surface area contributed by atoms with Crippen LogP contribution >= 0.6 is 0 Å². The van der Waals surface area contributed by atoms with Crippen LogP contribution in [0.15, 0.2) is 0 Å². The SMILES string of the molecule is OCCCCNCC1CCCN1. The number of hydrogen-bond donors (Lipinski definition) is 3. The maximum atomic E-state index is 8.54. The number of aliphatic hydroxyl groups excluding tert-OH is 1. The van der Waals surface area contributed by atoms with Gasteiger partial charge in [-0.15, -0.1) is 0 Å². The molecule has 0 spiro atoms. The summed E-state index contributed by atoms with van der Waals surface area (Å²) < 4.78 is 0. The molecule has 3 nitrogen and oxygen atoms in total. The highest BCUT2D eigenvalue weighted by Crippen LogP contribution is 2.02. The Balaban J connectivity index is 1.81. The Morgan fingerprint density at radius 3 is 3.00 bits per heavy atom. The number of nitrogens with one attached hydrogen (secondary N) is 2. The van der Waals surface area contributed by atoms with Crippen LogP contribution < -0.4 is 10.6 Å². The Kier molecular flexibility index (Phi) is 5.32. The van der Waals surface area contributed by atoms with Gasteiger partial charge in [-0.3, -0.25) is 0 Å². The van der Waals surface area contributed by atoms with Crippen molar-refractivity contribution in [2.75, 3.05) is 26.2 Å². The summed E-state index contributed by atoms with van der Waals surface area (Å²) in [7, 11) is 0. The summed E-state index contributed by atoms with van der Waals surface area (Å²) in [4.78, 5) is 0. The second-order valence-corrected chi connectivity index (χ2v) is 3.43.